The zero-order chi connectivity index (χ0) is 16.9. The summed E-state index contributed by atoms with van der Waals surface area (Å²) >= 11 is 0. The van der Waals surface area contributed by atoms with Gasteiger partial charge in [-0.25, -0.2) is 4.79 Å². The van der Waals surface area contributed by atoms with Gasteiger partial charge in [-0.2, -0.15) is 0 Å². The molecule has 0 aliphatic carbocycles. The Morgan fingerprint density at radius 3 is 2.42 bits per heavy atom. The highest BCUT2D eigenvalue weighted by Crippen LogP contribution is 2.21. The van der Waals surface area contributed by atoms with Crippen LogP contribution in [0.4, 0.5) is 16.2 Å². The molecule has 1 fully saturated rings. The van der Waals surface area contributed by atoms with Crippen LogP contribution < -0.4 is 15.4 Å². The molecule has 1 heterocycles. The van der Waals surface area contributed by atoms with Gasteiger partial charge in [-0.05, 0) is 49.2 Å². The Morgan fingerprint density at radius 2 is 1.79 bits per heavy atom. The molecule has 1 saturated heterocycles. The van der Waals surface area contributed by atoms with E-state index in [0.29, 0.717) is 12.3 Å². The highest BCUT2D eigenvalue weighted by molar-refractivity contribution is 6.00. The second kappa shape index (κ2) is 7.36. The number of anilines is 2. The molecule has 0 saturated carbocycles. The van der Waals surface area contributed by atoms with Crippen LogP contribution in [0, 0.1) is 13.8 Å². The first kappa shape index (κ1) is 16.3. The predicted octanol–water partition coefficient (Wildman–Crippen LogP) is 4.12. The van der Waals surface area contributed by atoms with E-state index < -0.39 is 0 Å². The maximum absolute atomic E-state index is 12.2. The molecule has 126 valence electrons. The van der Waals surface area contributed by atoms with Gasteiger partial charge in [0.1, 0.15) is 11.9 Å². The average Bonchev–Trinajstić information content (AvgIpc) is 3.06. The molecule has 5 nitrogen and oxygen atoms in total. The van der Waals surface area contributed by atoms with Gasteiger partial charge < -0.3 is 20.1 Å². The third kappa shape index (κ3) is 4.06. The summed E-state index contributed by atoms with van der Waals surface area (Å²) in [6.45, 7) is 5.34. The van der Waals surface area contributed by atoms with Gasteiger partial charge in [0.25, 0.3) is 0 Å². The molecule has 1 unspecified atom stereocenters. The SMILES string of the molecule is Cc1cccc(C)c1NC(=O)Nc1ccc(OC2CCOC2)cc1. The van der Waals surface area contributed by atoms with Crippen molar-refractivity contribution < 1.29 is 14.3 Å². The first-order valence-electron chi connectivity index (χ1n) is 8.10. The predicted molar refractivity (Wildman–Crippen MR) is 94.9 cm³/mol. The smallest absolute Gasteiger partial charge is 0.323 e. The van der Waals surface area contributed by atoms with Crippen molar-refractivity contribution in [1.29, 1.82) is 0 Å². The monoisotopic (exact) mass is 326 g/mol. The van der Waals surface area contributed by atoms with Crippen LogP contribution in [0.5, 0.6) is 5.75 Å². The summed E-state index contributed by atoms with van der Waals surface area (Å²) in [6, 6.07) is 13.0. The molecule has 0 bridgehead atoms. The van der Waals surface area contributed by atoms with E-state index in [-0.39, 0.29) is 12.1 Å². The molecule has 2 N–H and O–H groups in total. The summed E-state index contributed by atoms with van der Waals surface area (Å²) in [5, 5.41) is 5.74. The zero-order valence-corrected chi connectivity index (χ0v) is 14.0. The van der Waals surface area contributed by atoms with Crippen molar-refractivity contribution in [2.24, 2.45) is 0 Å². The minimum atomic E-state index is -0.259. The van der Waals surface area contributed by atoms with Crippen molar-refractivity contribution in [3.05, 3.63) is 53.6 Å². The number of ether oxygens (including phenoxy) is 2. The standard InChI is InChI=1S/C19H22N2O3/c1-13-4-3-5-14(2)18(13)21-19(22)20-15-6-8-16(9-7-15)24-17-10-11-23-12-17/h3-9,17H,10-12H2,1-2H3,(H2,20,21,22). The van der Waals surface area contributed by atoms with Gasteiger partial charge >= 0.3 is 6.03 Å². The van der Waals surface area contributed by atoms with E-state index in [1.54, 1.807) is 0 Å². The highest BCUT2D eigenvalue weighted by Gasteiger charge is 2.17. The molecule has 1 atom stereocenters. The van der Waals surface area contributed by atoms with Crippen LogP contribution in [0.3, 0.4) is 0 Å². The molecular weight excluding hydrogens is 304 g/mol. The molecule has 1 aliphatic rings. The number of nitrogens with one attached hydrogen (secondary N) is 2. The summed E-state index contributed by atoms with van der Waals surface area (Å²) in [7, 11) is 0. The molecule has 0 spiro atoms. The molecule has 0 radical (unpaired) electrons. The topological polar surface area (TPSA) is 59.6 Å². The number of urea groups is 1. The summed E-state index contributed by atoms with van der Waals surface area (Å²) < 4.78 is 11.1. The van der Waals surface area contributed by atoms with Crippen LogP contribution in [0.15, 0.2) is 42.5 Å². The summed E-state index contributed by atoms with van der Waals surface area (Å²) in [6.07, 6.45) is 1.04. The van der Waals surface area contributed by atoms with E-state index in [0.717, 1.165) is 35.6 Å². The first-order valence-corrected chi connectivity index (χ1v) is 8.10. The van der Waals surface area contributed by atoms with Crippen LogP contribution >= 0.6 is 0 Å². The Morgan fingerprint density at radius 1 is 1.08 bits per heavy atom. The number of carbonyl (C=O) groups excluding carboxylic acids is 1. The average molecular weight is 326 g/mol. The van der Waals surface area contributed by atoms with Gasteiger partial charge in [0.2, 0.25) is 0 Å². The molecule has 24 heavy (non-hydrogen) atoms. The molecule has 2 amide bonds. The fourth-order valence-corrected chi connectivity index (χ4v) is 2.70. The summed E-state index contributed by atoms with van der Waals surface area (Å²) in [4.78, 5) is 12.2. The van der Waals surface area contributed by atoms with Crippen LogP contribution in [-0.2, 0) is 4.74 Å². The number of benzene rings is 2. The quantitative estimate of drug-likeness (QED) is 0.888. The zero-order valence-electron chi connectivity index (χ0n) is 14.0. The van der Waals surface area contributed by atoms with Gasteiger partial charge in [-0.1, -0.05) is 18.2 Å². The Hall–Kier alpha value is -2.53. The van der Waals surface area contributed by atoms with Gasteiger partial charge in [-0.3, -0.25) is 0 Å². The number of para-hydroxylation sites is 1. The molecule has 5 heteroatoms. The van der Waals surface area contributed by atoms with Gasteiger partial charge in [0, 0.05) is 17.8 Å². The second-order valence-electron chi connectivity index (χ2n) is 5.97. The van der Waals surface area contributed by atoms with E-state index >= 15 is 0 Å². The first-order chi connectivity index (χ1) is 11.6. The lowest BCUT2D eigenvalue weighted by Crippen LogP contribution is -2.20. The van der Waals surface area contributed by atoms with Crippen LogP contribution in [0.1, 0.15) is 17.5 Å². The third-order valence-corrected chi connectivity index (χ3v) is 4.02. The van der Waals surface area contributed by atoms with Crippen molar-refractivity contribution in [2.75, 3.05) is 23.8 Å². The van der Waals surface area contributed by atoms with Crippen LogP contribution in [0.2, 0.25) is 0 Å². The Bertz CT molecular complexity index is 687. The fraction of sp³-hybridized carbons (Fsp3) is 0.316. The molecule has 1 aliphatic heterocycles. The number of aryl methyl sites for hydroxylation is 2. The number of amides is 2. The van der Waals surface area contributed by atoms with Crippen molar-refractivity contribution in [3.63, 3.8) is 0 Å². The van der Waals surface area contributed by atoms with Crippen molar-refractivity contribution in [3.8, 4) is 5.75 Å². The van der Waals surface area contributed by atoms with E-state index in [2.05, 4.69) is 10.6 Å². The normalized spacial score (nSPS) is 16.7. The fourth-order valence-electron chi connectivity index (χ4n) is 2.70. The highest BCUT2D eigenvalue weighted by atomic mass is 16.5. The van der Waals surface area contributed by atoms with E-state index in [1.807, 2.05) is 56.3 Å². The minimum Gasteiger partial charge on any atom is -0.488 e. The Kier molecular flexibility index (Phi) is 5.01. The Balaban J connectivity index is 1.58. The molecule has 3 rings (SSSR count). The van der Waals surface area contributed by atoms with Crippen LogP contribution in [0.25, 0.3) is 0 Å². The molecular formula is C19H22N2O3. The molecule has 2 aromatic carbocycles. The number of rotatable bonds is 4. The number of carbonyl (C=O) groups is 1. The van der Waals surface area contributed by atoms with Gasteiger partial charge in [0.15, 0.2) is 0 Å². The summed E-state index contributed by atoms with van der Waals surface area (Å²) in [5.74, 6) is 0.784. The maximum Gasteiger partial charge on any atom is 0.323 e. The summed E-state index contributed by atoms with van der Waals surface area (Å²) in [5.41, 5.74) is 3.63. The van der Waals surface area contributed by atoms with Crippen molar-refractivity contribution in [1.82, 2.24) is 0 Å². The third-order valence-electron chi connectivity index (χ3n) is 4.02. The van der Waals surface area contributed by atoms with E-state index in [1.165, 1.54) is 0 Å². The molecule has 2 aromatic rings. The largest absolute Gasteiger partial charge is 0.488 e. The lowest BCUT2D eigenvalue weighted by molar-refractivity contribution is 0.141. The second-order valence-corrected chi connectivity index (χ2v) is 5.97. The molecule has 0 aromatic heterocycles. The van der Waals surface area contributed by atoms with Crippen LogP contribution in [-0.4, -0.2) is 25.3 Å². The lowest BCUT2D eigenvalue weighted by Gasteiger charge is -2.14. The van der Waals surface area contributed by atoms with Crippen molar-refractivity contribution >= 4 is 17.4 Å². The van der Waals surface area contributed by atoms with E-state index in [4.69, 9.17) is 9.47 Å². The number of hydrogen-bond acceptors (Lipinski definition) is 3. The minimum absolute atomic E-state index is 0.121. The lowest BCUT2D eigenvalue weighted by atomic mass is 10.1. The maximum atomic E-state index is 12.2. The Labute approximate surface area is 142 Å². The van der Waals surface area contributed by atoms with Gasteiger partial charge in [0.05, 0.1) is 13.2 Å². The van der Waals surface area contributed by atoms with Gasteiger partial charge in [-0.15, -0.1) is 0 Å². The number of hydrogen-bond donors (Lipinski definition) is 2. The van der Waals surface area contributed by atoms with Crippen molar-refractivity contribution in [2.45, 2.75) is 26.4 Å². The van der Waals surface area contributed by atoms with E-state index in [9.17, 15) is 4.79 Å².